The van der Waals surface area contributed by atoms with Crippen LogP contribution >= 0.6 is 23.2 Å². The third-order valence-corrected chi connectivity index (χ3v) is 5.22. The van der Waals surface area contributed by atoms with Crippen molar-refractivity contribution in [1.82, 2.24) is 10.6 Å². The highest BCUT2D eigenvalue weighted by Gasteiger charge is 2.35. The van der Waals surface area contributed by atoms with Crippen LogP contribution in [0.3, 0.4) is 0 Å². The van der Waals surface area contributed by atoms with Crippen molar-refractivity contribution < 1.29 is 23.8 Å². The molecule has 2 aromatic carbocycles. The fraction of sp³-hybridized carbons (Fsp3) is 0.273. The van der Waals surface area contributed by atoms with Gasteiger partial charge in [0.15, 0.2) is 5.75 Å². The highest BCUT2D eigenvalue weighted by atomic mass is 35.5. The number of nitrogens with one attached hydrogen (secondary N) is 2. The molecule has 7 nitrogen and oxygen atoms in total. The van der Waals surface area contributed by atoms with Crippen molar-refractivity contribution >= 4 is 40.9 Å². The highest BCUT2D eigenvalue weighted by Crippen LogP contribution is 2.39. The predicted molar refractivity (Wildman–Crippen MR) is 119 cm³/mol. The number of hydrogen-bond donors (Lipinski definition) is 2. The van der Waals surface area contributed by atoms with E-state index in [1.807, 2.05) is 6.92 Å². The first-order chi connectivity index (χ1) is 14.9. The van der Waals surface area contributed by atoms with Gasteiger partial charge < -0.3 is 24.8 Å². The van der Waals surface area contributed by atoms with E-state index in [1.165, 1.54) is 7.11 Å². The maximum absolute atomic E-state index is 12.8. The zero-order chi connectivity index (χ0) is 22.5. The number of ether oxygens (including phenoxy) is 3. The maximum Gasteiger partial charge on any atom is 0.338 e. The van der Waals surface area contributed by atoms with Crippen LogP contribution in [0.2, 0.25) is 10.0 Å². The summed E-state index contributed by atoms with van der Waals surface area (Å²) in [4.78, 5) is 25.2. The van der Waals surface area contributed by atoms with E-state index < -0.39 is 18.0 Å². The summed E-state index contributed by atoms with van der Waals surface area (Å²) in [5, 5.41) is 6.00. The number of amides is 2. The summed E-state index contributed by atoms with van der Waals surface area (Å²) in [6.45, 7) is 2.42. The third-order valence-electron chi connectivity index (χ3n) is 4.66. The van der Waals surface area contributed by atoms with Gasteiger partial charge in [-0.15, -0.1) is 0 Å². The van der Waals surface area contributed by atoms with Crippen LogP contribution in [0.15, 0.2) is 42.0 Å². The van der Waals surface area contributed by atoms with Crippen LogP contribution in [-0.4, -0.2) is 32.8 Å². The first kappa shape index (κ1) is 22.8. The predicted octanol–water partition coefficient (Wildman–Crippen LogP) is 4.73. The average molecular weight is 465 g/mol. The van der Waals surface area contributed by atoms with Gasteiger partial charge >= 0.3 is 12.0 Å². The molecular weight excluding hydrogens is 443 g/mol. The van der Waals surface area contributed by atoms with Gasteiger partial charge in [-0.3, -0.25) is 0 Å². The summed E-state index contributed by atoms with van der Waals surface area (Å²) in [6, 6.07) is 8.84. The Labute approximate surface area is 190 Å². The fourth-order valence-electron chi connectivity index (χ4n) is 3.22. The van der Waals surface area contributed by atoms with Gasteiger partial charge in [0, 0.05) is 0 Å². The van der Waals surface area contributed by atoms with Gasteiger partial charge in [-0.25, -0.2) is 9.59 Å². The zero-order valence-corrected chi connectivity index (χ0v) is 18.8. The number of urea groups is 1. The first-order valence-corrected chi connectivity index (χ1v) is 10.3. The lowest BCUT2D eigenvalue weighted by Gasteiger charge is -2.29. The van der Waals surface area contributed by atoms with Crippen LogP contribution in [0, 0.1) is 0 Å². The average Bonchev–Trinajstić information content (AvgIpc) is 2.77. The van der Waals surface area contributed by atoms with Crippen molar-refractivity contribution in [2.75, 3.05) is 20.8 Å². The Hall–Kier alpha value is -2.90. The Morgan fingerprint density at radius 1 is 1.10 bits per heavy atom. The van der Waals surface area contributed by atoms with Crippen LogP contribution in [0.1, 0.15) is 30.5 Å². The maximum atomic E-state index is 12.8. The van der Waals surface area contributed by atoms with E-state index in [0.29, 0.717) is 34.9 Å². The fourth-order valence-corrected chi connectivity index (χ4v) is 3.83. The molecule has 0 fully saturated rings. The molecule has 1 unspecified atom stereocenters. The van der Waals surface area contributed by atoms with Gasteiger partial charge in [0.2, 0.25) is 0 Å². The molecule has 0 saturated carbocycles. The monoisotopic (exact) mass is 464 g/mol. The van der Waals surface area contributed by atoms with Crippen LogP contribution < -0.4 is 20.1 Å². The lowest BCUT2D eigenvalue weighted by molar-refractivity contribution is -0.136. The SMILES string of the molecule is CCCOc1c(Cl)cc(C2NC(=O)NC(c3ccc(OC)cc3)=C2C(=O)OC)cc1Cl. The molecule has 1 heterocycles. The van der Waals surface area contributed by atoms with Crippen LogP contribution in [0.25, 0.3) is 5.70 Å². The van der Waals surface area contributed by atoms with Crippen LogP contribution in [0.5, 0.6) is 11.5 Å². The van der Waals surface area contributed by atoms with Crippen molar-refractivity contribution in [3.05, 3.63) is 63.1 Å². The quantitative estimate of drug-likeness (QED) is 0.578. The molecule has 3 rings (SSSR count). The number of halogens is 2. The summed E-state index contributed by atoms with van der Waals surface area (Å²) < 4.78 is 15.8. The molecule has 0 radical (unpaired) electrons. The molecule has 2 amide bonds. The zero-order valence-electron chi connectivity index (χ0n) is 17.3. The molecular formula is C22H22Cl2N2O5. The minimum absolute atomic E-state index is 0.210. The second-order valence-electron chi connectivity index (χ2n) is 6.70. The van der Waals surface area contributed by atoms with Crippen molar-refractivity contribution in [2.24, 2.45) is 0 Å². The van der Waals surface area contributed by atoms with Crippen molar-refractivity contribution in [1.29, 1.82) is 0 Å². The molecule has 0 spiro atoms. The Morgan fingerprint density at radius 2 is 1.74 bits per heavy atom. The Morgan fingerprint density at radius 3 is 2.29 bits per heavy atom. The first-order valence-electron chi connectivity index (χ1n) is 9.55. The number of methoxy groups -OCH3 is 2. The summed E-state index contributed by atoms with van der Waals surface area (Å²) in [7, 11) is 2.83. The minimum Gasteiger partial charge on any atom is -0.497 e. The van der Waals surface area contributed by atoms with Crippen LogP contribution in [0.4, 0.5) is 4.79 Å². The Kier molecular flexibility index (Phi) is 7.30. The molecule has 1 atom stereocenters. The number of benzene rings is 2. The van der Waals surface area contributed by atoms with Crippen molar-refractivity contribution in [2.45, 2.75) is 19.4 Å². The lowest BCUT2D eigenvalue weighted by atomic mass is 9.92. The van der Waals surface area contributed by atoms with Gasteiger partial charge in [-0.2, -0.15) is 0 Å². The van der Waals surface area contributed by atoms with E-state index >= 15 is 0 Å². The van der Waals surface area contributed by atoms with Gasteiger partial charge in [-0.1, -0.05) is 30.1 Å². The summed E-state index contributed by atoms with van der Waals surface area (Å²) in [5.41, 5.74) is 1.66. The molecule has 1 aliphatic heterocycles. The minimum atomic E-state index is -0.839. The van der Waals surface area contributed by atoms with Crippen molar-refractivity contribution in [3.8, 4) is 11.5 Å². The topological polar surface area (TPSA) is 85.9 Å². The molecule has 9 heteroatoms. The van der Waals surface area contributed by atoms with Gasteiger partial charge in [0.05, 0.1) is 48.2 Å². The molecule has 164 valence electrons. The third kappa shape index (κ3) is 4.89. The lowest BCUT2D eigenvalue weighted by Crippen LogP contribution is -2.45. The summed E-state index contributed by atoms with van der Waals surface area (Å²) in [5.74, 6) is 0.386. The van der Waals surface area contributed by atoms with Gasteiger partial charge in [-0.05, 0) is 53.9 Å². The van der Waals surface area contributed by atoms with E-state index in [0.717, 1.165) is 6.42 Å². The smallest absolute Gasteiger partial charge is 0.338 e. The summed E-state index contributed by atoms with van der Waals surface area (Å²) in [6.07, 6.45) is 0.791. The largest absolute Gasteiger partial charge is 0.497 e. The number of rotatable bonds is 7. The normalized spacial score (nSPS) is 15.8. The highest BCUT2D eigenvalue weighted by molar-refractivity contribution is 6.37. The molecule has 0 bridgehead atoms. The van der Waals surface area contributed by atoms with E-state index in [1.54, 1.807) is 43.5 Å². The number of carbonyl (C=O) groups is 2. The number of carbonyl (C=O) groups excluding carboxylic acids is 2. The Bertz CT molecular complexity index is 998. The standard InChI is InChI=1S/C22H22Cl2N2O5/c1-4-9-31-20-15(23)10-13(11-16(20)24)19-17(21(27)30-3)18(25-22(28)26-19)12-5-7-14(29-2)8-6-12/h5-8,10-11,19H,4,9H2,1-3H3,(H2,25,26,28). The molecule has 31 heavy (non-hydrogen) atoms. The second kappa shape index (κ2) is 9.94. The molecule has 1 aliphatic rings. The van der Waals surface area contributed by atoms with Crippen molar-refractivity contribution in [3.63, 3.8) is 0 Å². The number of esters is 1. The van der Waals surface area contributed by atoms with E-state index in [2.05, 4.69) is 10.6 Å². The van der Waals surface area contributed by atoms with E-state index in [-0.39, 0.29) is 15.6 Å². The molecule has 0 saturated heterocycles. The van der Waals surface area contributed by atoms with E-state index in [9.17, 15) is 9.59 Å². The Balaban J connectivity index is 2.13. The summed E-state index contributed by atoms with van der Waals surface area (Å²) >= 11 is 12.8. The molecule has 2 aromatic rings. The molecule has 0 aliphatic carbocycles. The van der Waals surface area contributed by atoms with Crippen LogP contribution in [-0.2, 0) is 9.53 Å². The van der Waals surface area contributed by atoms with E-state index in [4.69, 9.17) is 37.4 Å². The van der Waals surface area contributed by atoms with Gasteiger partial charge in [0.1, 0.15) is 5.75 Å². The van der Waals surface area contributed by atoms with Gasteiger partial charge in [0.25, 0.3) is 0 Å². The molecule has 0 aromatic heterocycles. The number of hydrogen-bond acceptors (Lipinski definition) is 5. The second-order valence-corrected chi connectivity index (χ2v) is 7.52. The molecule has 2 N–H and O–H groups in total.